The Bertz CT molecular complexity index is 482. The smallest absolute Gasteiger partial charge is 0.152 e. The highest BCUT2D eigenvalue weighted by molar-refractivity contribution is 7.91. The van der Waals surface area contributed by atoms with Crippen LogP contribution in [-0.4, -0.2) is 37.9 Å². The number of hydrogen-bond donors (Lipinski definition) is 0. The largest absolute Gasteiger partial charge is 0.297 e. The van der Waals surface area contributed by atoms with E-state index in [4.69, 9.17) is 0 Å². The lowest BCUT2D eigenvalue weighted by atomic mass is 10.2. The minimum Gasteiger partial charge on any atom is -0.297 e. The highest BCUT2D eigenvalue weighted by Gasteiger charge is 2.21. The van der Waals surface area contributed by atoms with Crippen LogP contribution in [0.1, 0.15) is 5.56 Å². The van der Waals surface area contributed by atoms with Crippen molar-refractivity contribution in [3.8, 4) is 0 Å². The van der Waals surface area contributed by atoms with E-state index in [1.54, 1.807) is 0 Å². The Labute approximate surface area is 99.0 Å². The molecule has 0 N–H and O–H groups in total. The van der Waals surface area contributed by atoms with Gasteiger partial charge in [0.05, 0.1) is 11.5 Å². The van der Waals surface area contributed by atoms with Gasteiger partial charge in [0.15, 0.2) is 9.84 Å². The molecule has 2 rings (SSSR count). The van der Waals surface area contributed by atoms with Crippen LogP contribution >= 0.6 is 0 Å². The fourth-order valence-corrected chi connectivity index (χ4v) is 3.15. The molecule has 6 heteroatoms. The summed E-state index contributed by atoms with van der Waals surface area (Å²) in [6, 6.07) is 3.36. The third kappa shape index (κ3) is 3.47. The second kappa shape index (κ2) is 4.70. The number of halogens is 2. The minimum absolute atomic E-state index is 0.116. The van der Waals surface area contributed by atoms with E-state index in [1.807, 2.05) is 4.90 Å². The summed E-state index contributed by atoms with van der Waals surface area (Å²) in [5.74, 6) is -0.982. The standard InChI is InChI=1S/C11H13F2NO2S/c12-10-5-9(6-11(13)7-10)8-14-1-3-17(15,16)4-2-14/h5-7H,1-4,8H2. The van der Waals surface area contributed by atoms with Crippen molar-refractivity contribution in [1.29, 1.82) is 0 Å². The van der Waals surface area contributed by atoms with E-state index in [9.17, 15) is 17.2 Å². The minimum atomic E-state index is -2.91. The summed E-state index contributed by atoms with van der Waals surface area (Å²) >= 11 is 0. The van der Waals surface area contributed by atoms with E-state index in [0.717, 1.165) is 6.07 Å². The van der Waals surface area contributed by atoms with Crippen LogP contribution in [0.3, 0.4) is 0 Å². The maximum absolute atomic E-state index is 13.0. The van der Waals surface area contributed by atoms with Crippen molar-refractivity contribution in [2.24, 2.45) is 0 Å². The molecule has 1 aromatic carbocycles. The van der Waals surface area contributed by atoms with Gasteiger partial charge in [-0.3, -0.25) is 4.90 Å². The number of rotatable bonds is 2. The van der Waals surface area contributed by atoms with Crippen LogP contribution in [0.2, 0.25) is 0 Å². The van der Waals surface area contributed by atoms with E-state index >= 15 is 0 Å². The van der Waals surface area contributed by atoms with Gasteiger partial charge in [0, 0.05) is 25.7 Å². The number of nitrogens with zero attached hydrogens (tertiary/aromatic N) is 1. The zero-order valence-corrected chi connectivity index (χ0v) is 10.0. The molecular weight excluding hydrogens is 248 g/mol. The Kier molecular flexibility index (Phi) is 3.44. The first-order valence-corrected chi connectivity index (χ1v) is 7.14. The molecule has 1 aliphatic heterocycles. The summed E-state index contributed by atoms with van der Waals surface area (Å²) < 4.78 is 48.3. The molecule has 0 radical (unpaired) electrons. The molecule has 0 amide bonds. The lowest BCUT2D eigenvalue weighted by Crippen LogP contribution is -2.39. The maximum atomic E-state index is 13.0. The molecule has 1 fully saturated rings. The second-order valence-electron chi connectivity index (χ2n) is 4.21. The maximum Gasteiger partial charge on any atom is 0.152 e. The predicted molar refractivity (Wildman–Crippen MR) is 60.3 cm³/mol. The third-order valence-electron chi connectivity index (χ3n) is 2.77. The molecule has 0 saturated carbocycles. The summed E-state index contributed by atoms with van der Waals surface area (Å²) in [6.07, 6.45) is 0. The zero-order valence-electron chi connectivity index (χ0n) is 9.20. The van der Waals surface area contributed by atoms with Crippen molar-refractivity contribution in [2.45, 2.75) is 6.54 Å². The van der Waals surface area contributed by atoms with Crippen LogP contribution in [0.25, 0.3) is 0 Å². The van der Waals surface area contributed by atoms with Crippen LogP contribution in [0, 0.1) is 11.6 Å². The van der Waals surface area contributed by atoms with Crippen LogP contribution in [-0.2, 0) is 16.4 Å². The van der Waals surface area contributed by atoms with E-state index < -0.39 is 21.5 Å². The number of benzene rings is 1. The van der Waals surface area contributed by atoms with E-state index in [2.05, 4.69) is 0 Å². The van der Waals surface area contributed by atoms with Crippen molar-refractivity contribution in [3.63, 3.8) is 0 Å². The number of sulfone groups is 1. The predicted octanol–water partition coefficient (Wildman–Crippen LogP) is 1.20. The summed E-state index contributed by atoms with van der Waals surface area (Å²) in [5.41, 5.74) is 0.529. The van der Waals surface area contributed by atoms with Gasteiger partial charge in [-0.05, 0) is 17.7 Å². The van der Waals surface area contributed by atoms with E-state index in [1.165, 1.54) is 12.1 Å². The van der Waals surface area contributed by atoms with Gasteiger partial charge in [-0.1, -0.05) is 0 Å². The summed E-state index contributed by atoms with van der Waals surface area (Å²) in [7, 11) is -2.91. The Hall–Kier alpha value is -1.01. The van der Waals surface area contributed by atoms with Crippen LogP contribution in [0.4, 0.5) is 8.78 Å². The molecule has 0 bridgehead atoms. The summed E-state index contributed by atoms with van der Waals surface area (Å²) in [4.78, 5) is 1.88. The Morgan fingerprint density at radius 3 is 2.12 bits per heavy atom. The van der Waals surface area contributed by atoms with Gasteiger partial charge in [0.1, 0.15) is 11.6 Å². The summed E-state index contributed by atoms with van der Waals surface area (Å²) in [6.45, 7) is 1.21. The average molecular weight is 261 g/mol. The topological polar surface area (TPSA) is 37.4 Å². The second-order valence-corrected chi connectivity index (χ2v) is 6.51. The van der Waals surface area contributed by atoms with Crippen LogP contribution in [0.5, 0.6) is 0 Å². The van der Waals surface area contributed by atoms with Gasteiger partial charge in [-0.2, -0.15) is 0 Å². The SMILES string of the molecule is O=S1(=O)CCN(Cc2cc(F)cc(F)c2)CC1. The van der Waals surface area contributed by atoms with Crippen molar-refractivity contribution >= 4 is 9.84 Å². The lowest BCUT2D eigenvalue weighted by molar-refractivity contribution is 0.287. The quantitative estimate of drug-likeness (QED) is 0.802. The molecule has 0 unspecified atom stereocenters. The highest BCUT2D eigenvalue weighted by atomic mass is 32.2. The molecule has 17 heavy (non-hydrogen) atoms. The van der Waals surface area contributed by atoms with Crippen molar-refractivity contribution in [1.82, 2.24) is 4.90 Å². The van der Waals surface area contributed by atoms with Crippen molar-refractivity contribution in [3.05, 3.63) is 35.4 Å². The normalized spacial score (nSPS) is 20.4. The molecule has 0 aromatic heterocycles. The lowest BCUT2D eigenvalue weighted by Gasteiger charge is -2.26. The fraction of sp³-hybridized carbons (Fsp3) is 0.455. The average Bonchev–Trinajstić information content (AvgIpc) is 2.20. The molecule has 1 heterocycles. The van der Waals surface area contributed by atoms with Crippen molar-refractivity contribution < 1.29 is 17.2 Å². The first-order chi connectivity index (χ1) is 7.94. The Morgan fingerprint density at radius 2 is 1.59 bits per heavy atom. The van der Waals surface area contributed by atoms with Gasteiger partial charge in [-0.15, -0.1) is 0 Å². The van der Waals surface area contributed by atoms with Gasteiger partial charge < -0.3 is 0 Å². The first-order valence-electron chi connectivity index (χ1n) is 5.32. The Balaban J connectivity index is 2.02. The van der Waals surface area contributed by atoms with E-state index in [0.29, 0.717) is 25.2 Å². The van der Waals surface area contributed by atoms with Gasteiger partial charge in [0.2, 0.25) is 0 Å². The summed E-state index contributed by atoms with van der Waals surface area (Å²) in [5, 5.41) is 0. The molecule has 0 aliphatic carbocycles. The van der Waals surface area contributed by atoms with Crippen molar-refractivity contribution in [2.75, 3.05) is 24.6 Å². The highest BCUT2D eigenvalue weighted by Crippen LogP contribution is 2.12. The molecule has 3 nitrogen and oxygen atoms in total. The fourth-order valence-electron chi connectivity index (χ4n) is 1.87. The van der Waals surface area contributed by atoms with Crippen LogP contribution in [0.15, 0.2) is 18.2 Å². The molecule has 1 aromatic rings. The molecule has 94 valence electrons. The number of hydrogen-bond acceptors (Lipinski definition) is 3. The van der Waals surface area contributed by atoms with Gasteiger partial charge >= 0.3 is 0 Å². The third-order valence-corrected chi connectivity index (χ3v) is 4.37. The molecule has 1 saturated heterocycles. The molecule has 0 spiro atoms. The van der Waals surface area contributed by atoms with E-state index in [-0.39, 0.29) is 11.5 Å². The van der Waals surface area contributed by atoms with Gasteiger partial charge in [-0.25, -0.2) is 17.2 Å². The zero-order chi connectivity index (χ0) is 12.5. The first kappa shape index (κ1) is 12.4. The Morgan fingerprint density at radius 1 is 1.06 bits per heavy atom. The molecular formula is C11H13F2NO2S. The molecule has 1 aliphatic rings. The van der Waals surface area contributed by atoms with Gasteiger partial charge in [0.25, 0.3) is 0 Å². The molecule has 0 atom stereocenters. The monoisotopic (exact) mass is 261 g/mol. The van der Waals surface area contributed by atoms with Crippen LogP contribution < -0.4 is 0 Å².